The molecule has 0 aliphatic heterocycles. The van der Waals surface area contributed by atoms with Crippen LogP contribution in [0.2, 0.25) is 10.0 Å². The first kappa shape index (κ1) is 18.2. The summed E-state index contributed by atoms with van der Waals surface area (Å²) in [5, 5.41) is 14.5. The van der Waals surface area contributed by atoms with Gasteiger partial charge >= 0.3 is 5.97 Å². The average Bonchev–Trinajstić information content (AvgIpc) is 3.36. The van der Waals surface area contributed by atoms with Crippen molar-refractivity contribution < 1.29 is 19.5 Å². The number of anilines is 2. The first-order chi connectivity index (χ1) is 12.4. The van der Waals surface area contributed by atoms with E-state index in [2.05, 4.69) is 15.6 Å². The van der Waals surface area contributed by atoms with Crippen LogP contribution in [0.3, 0.4) is 0 Å². The van der Waals surface area contributed by atoms with Gasteiger partial charge in [-0.05, 0) is 24.6 Å². The number of nitrogens with one attached hydrogen (secondary N) is 2. The zero-order valence-electron chi connectivity index (χ0n) is 13.2. The number of aromatic nitrogens is 1. The van der Waals surface area contributed by atoms with E-state index in [-0.39, 0.29) is 21.4 Å². The number of hydrogen-bond donors (Lipinski definition) is 3. The molecular formula is C17H13Cl2N3O4. The van der Waals surface area contributed by atoms with Crippen LogP contribution in [0, 0.1) is 11.8 Å². The van der Waals surface area contributed by atoms with E-state index in [0.717, 1.165) is 0 Å². The second-order valence-corrected chi connectivity index (χ2v) is 6.57. The Morgan fingerprint density at radius 1 is 1.08 bits per heavy atom. The van der Waals surface area contributed by atoms with Crippen LogP contribution < -0.4 is 10.6 Å². The van der Waals surface area contributed by atoms with Crippen LogP contribution in [0.5, 0.6) is 0 Å². The molecule has 1 aromatic carbocycles. The number of pyridine rings is 1. The van der Waals surface area contributed by atoms with E-state index >= 15 is 0 Å². The van der Waals surface area contributed by atoms with Crippen LogP contribution in [-0.2, 0) is 9.59 Å². The Balaban J connectivity index is 1.69. The fourth-order valence-electron chi connectivity index (χ4n) is 2.46. The van der Waals surface area contributed by atoms with Crippen molar-refractivity contribution in [2.45, 2.75) is 6.42 Å². The molecule has 1 heterocycles. The predicted octanol–water partition coefficient (Wildman–Crippen LogP) is 3.30. The van der Waals surface area contributed by atoms with Crippen molar-refractivity contribution in [1.29, 1.82) is 0 Å². The average molecular weight is 394 g/mol. The SMILES string of the molecule is O=C(Nc1ccnc(NC(=O)[C@H]2C[C@@H]2C(=O)O)c1)c1c(Cl)cccc1Cl. The van der Waals surface area contributed by atoms with Crippen molar-refractivity contribution >= 4 is 52.5 Å². The van der Waals surface area contributed by atoms with E-state index in [1.54, 1.807) is 18.2 Å². The van der Waals surface area contributed by atoms with Crippen molar-refractivity contribution in [1.82, 2.24) is 4.98 Å². The minimum Gasteiger partial charge on any atom is -0.481 e. The quantitative estimate of drug-likeness (QED) is 0.721. The van der Waals surface area contributed by atoms with Gasteiger partial charge in [-0.1, -0.05) is 29.3 Å². The minimum atomic E-state index is -0.990. The second-order valence-electron chi connectivity index (χ2n) is 5.76. The number of aliphatic carboxylic acids is 1. The Hall–Kier alpha value is -2.64. The minimum absolute atomic E-state index is 0.139. The molecule has 3 N–H and O–H groups in total. The zero-order chi connectivity index (χ0) is 18.8. The highest BCUT2D eigenvalue weighted by atomic mass is 35.5. The fourth-order valence-corrected chi connectivity index (χ4v) is 3.03. The van der Waals surface area contributed by atoms with Crippen LogP contribution >= 0.6 is 23.2 Å². The molecule has 0 spiro atoms. The lowest BCUT2D eigenvalue weighted by molar-refractivity contribution is -0.139. The molecular weight excluding hydrogens is 381 g/mol. The lowest BCUT2D eigenvalue weighted by Gasteiger charge is -2.10. The number of halogens is 2. The van der Waals surface area contributed by atoms with Gasteiger partial charge in [0.1, 0.15) is 5.82 Å². The van der Waals surface area contributed by atoms with Gasteiger partial charge in [-0.3, -0.25) is 14.4 Å². The third-order valence-electron chi connectivity index (χ3n) is 3.90. The molecule has 1 saturated carbocycles. The van der Waals surface area contributed by atoms with Gasteiger partial charge in [-0.25, -0.2) is 4.98 Å². The van der Waals surface area contributed by atoms with Crippen LogP contribution in [0.4, 0.5) is 11.5 Å². The summed E-state index contributed by atoms with van der Waals surface area (Å²) in [6.45, 7) is 0. The Kier molecular flexibility index (Phi) is 5.11. The second kappa shape index (κ2) is 7.31. The monoisotopic (exact) mass is 393 g/mol. The van der Waals surface area contributed by atoms with Crippen LogP contribution in [-0.4, -0.2) is 27.9 Å². The number of carboxylic acid groups (broad SMARTS) is 1. The number of carboxylic acids is 1. The molecule has 2 amide bonds. The maximum absolute atomic E-state index is 12.4. The molecule has 1 fully saturated rings. The van der Waals surface area contributed by atoms with Gasteiger partial charge in [-0.15, -0.1) is 0 Å². The Morgan fingerprint density at radius 2 is 1.77 bits per heavy atom. The van der Waals surface area contributed by atoms with E-state index in [0.29, 0.717) is 12.1 Å². The Labute approximate surface area is 158 Å². The number of nitrogens with zero attached hydrogens (tertiary/aromatic N) is 1. The summed E-state index contributed by atoms with van der Waals surface area (Å²) in [4.78, 5) is 39.2. The zero-order valence-corrected chi connectivity index (χ0v) is 14.7. The highest BCUT2D eigenvalue weighted by Crippen LogP contribution is 2.39. The van der Waals surface area contributed by atoms with E-state index in [1.807, 2.05) is 0 Å². The van der Waals surface area contributed by atoms with Crippen molar-refractivity contribution in [3.8, 4) is 0 Å². The van der Waals surface area contributed by atoms with Gasteiger partial charge in [0.25, 0.3) is 5.91 Å². The molecule has 0 saturated heterocycles. The third kappa shape index (κ3) is 3.95. The van der Waals surface area contributed by atoms with E-state index in [4.69, 9.17) is 28.3 Å². The largest absolute Gasteiger partial charge is 0.481 e. The molecule has 2 aromatic rings. The van der Waals surface area contributed by atoms with Gasteiger partial charge in [0, 0.05) is 18.0 Å². The topological polar surface area (TPSA) is 108 Å². The molecule has 134 valence electrons. The van der Waals surface area contributed by atoms with E-state index < -0.39 is 29.6 Å². The normalized spacial score (nSPS) is 18.1. The molecule has 0 radical (unpaired) electrons. The third-order valence-corrected chi connectivity index (χ3v) is 4.53. The highest BCUT2D eigenvalue weighted by molar-refractivity contribution is 6.40. The van der Waals surface area contributed by atoms with Gasteiger partial charge < -0.3 is 15.7 Å². The maximum Gasteiger partial charge on any atom is 0.307 e. The summed E-state index contributed by atoms with van der Waals surface area (Å²) >= 11 is 12.0. The summed E-state index contributed by atoms with van der Waals surface area (Å²) in [7, 11) is 0. The van der Waals surface area contributed by atoms with Crippen molar-refractivity contribution in [2.24, 2.45) is 11.8 Å². The standard InChI is InChI=1S/C17H13Cl2N3O4/c18-11-2-1-3-12(19)14(11)16(24)21-8-4-5-20-13(6-8)22-15(23)9-7-10(9)17(25)26/h1-6,9-10H,7H2,(H,25,26)(H2,20,21,22,23,24)/t9-,10-/m0/s1. The van der Waals surface area contributed by atoms with Gasteiger partial charge in [0.05, 0.1) is 27.4 Å². The summed E-state index contributed by atoms with van der Waals surface area (Å²) in [6.07, 6.45) is 1.71. The molecule has 9 heteroatoms. The number of carbonyl (C=O) groups is 3. The predicted molar refractivity (Wildman–Crippen MR) is 96.5 cm³/mol. The first-order valence-electron chi connectivity index (χ1n) is 7.62. The first-order valence-corrected chi connectivity index (χ1v) is 8.37. The number of rotatable bonds is 5. The molecule has 3 rings (SSSR count). The lowest BCUT2D eigenvalue weighted by Crippen LogP contribution is -2.18. The van der Waals surface area contributed by atoms with E-state index in [1.165, 1.54) is 18.3 Å². The molecule has 1 aliphatic carbocycles. The van der Waals surface area contributed by atoms with Gasteiger partial charge in [0.15, 0.2) is 0 Å². The molecule has 1 aliphatic rings. The number of benzene rings is 1. The molecule has 26 heavy (non-hydrogen) atoms. The van der Waals surface area contributed by atoms with Crippen molar-refractivity contribution in [3.05, 3.63) is 52.1 Å². The number of carbonyl (C=O) groups excluding carboxylic acids is 2. The van der Waals surface area contributed by atoms with Gasteiger partial charge in [-0.2, -0.15) is 0 Å². The van der Waals surface area contributed by atoms with E-state index in [9.17, 15) is 14.4 Å². The number of amides is 2. The summed E-state index contributed by atoms with van der Waals surface area (Å²) in [5.74, 6) is -2.92. The van der Waals surface area contributed by atoms with Crippen LogP contribution in [0.15, 0.2) is 36.5 Å². The summed E-state index contributed by atoms with van der Waals surface area (Å²) in [6, 6.07) is 7.72. The highest BCUT2D eigenvalue weighted by Gasteiger charge is 2.48. The van der Waals surface area contributed by atoms with Crippen molar-refractivity contribution in [3.63, 3.8) is 0 Å². The molecule has 0 bridgehead atoms. The number of hydrogen-bond acceptors (Lipinski definition) is 4. The summed E-state index contributed by atoms with van der Waals surface area (Å²) < 4.78 is 0. The maximum atomic E-state index is 12.4. The van der Waals surface area contributed by atoms with Crippen LogP contribution in [0.25, 0.3) is 0 Å². The lowest BCUT2D eigenvalue weighted by atomic mass is 10.2. The Morgan fingerprint density at radius 3 is 2.38 bits per heavy atom. The molecule has 0 unspecified atom stereocenters. The van der Waals surface area contributed by atoms with Gasteiger partial charge in [0.2, 0.25) is 5.91 Å². The molecule has 2 atom stereocenters. The Bertz CT molecular complexity index is 883. The summed E-state index contributed by atoms with van der Waals surface area (Å²) in [5.41, 5.74) is 0.516. The fraction of sp³-hybridized carbons (Fsp3) is 0.176. The van der Waals surface area contributed by atoms with Crippen molar-refractivity contribution in [2.75, 3.05) is 10.6 Å². The molecule has 1 aromatic heterocycles. The van der Waals surface area contributed by atoms with Crippen LogP contribution in [0.1, 0.15) is 16.8 Å². The smallest absolute Gasteiger partial charge is 0.307 e. The molecule has 7 nitrogen and oxygen atoms in total.